The van der Waals surface area contributed by atoms with Gasteiger partial charge in [0.2, 0.25) is 0 Å². The van der Waals surface area contributed by atoms with E-state index in [1.54, 1.807) is 54.9 Å². The normalized spacial score (nSPS) is 18.6. The van der Waals surface area contributed by atoms with Crippen molar-refractivity contribution in [1.29, 1.82) is 0 Å². The molecule has 7 nitrogen and oxygen atoms in total. The molecule has 1 fully saturated rings. The van der Waals surface area contributed by atoms with Crippen LogP contribution >= 0.6 is 11.3 Å². The van der Waals surface area contributed by atoms with Crippen molar-refractivity contribution in [2.24, 2.45) is 0 Å². The first-order valence-corrected chi connectivity index (χ1v) is 9.30. The summed E-state index contributed by atoms with van der Waals surface area (Å²) in [4.78, 5) is 31.1. The molecule has 2 aromatic heterocycles. The van der Waals surface area contributed by atoms with E-state index < -0.39 is 17.7 Å². The Morgan fingerprint density at radius 1 is 1.29 bits per heavy atom. The van der Waals surface area contributed by atoms with Gasteiger partial charge in [0.15, 0.2) is 5.13 Å². The Bertz CT molecular complexity index is 1080. The molecule has 0 radical (unpaired) electrons. The Kier molecular flexibility index (Phi) is 4.48. The largest absolute Gasteiger partial charge is 0.507 e. The lowest BCUT2D eigenvalue weighted by molar-refractivity contribution is -0.132. The number of anilines is 1. The Hall–Kier alpha value is -3.39. The highest BCUT2D eigenvalue weighted by molar-refractivity contribution is 7.14. The number of rotatable bonds is 4. The van der Waals surface area contributed by atoms with E-state index in [-0.39, 0.29) is 11.3 Å². The monoisotopic (exact) mass is 396 g/mol. The number of aliphatic hydroxyl groups excluding tert-OH is 1. The minimum absolute atomic E-state index is 0.0530. The summed E-state index contributed by atoms with van der Waals surface area (Å²) < 4.78 is 10.9. The van der Waals surface area contributed by atoms with Crippen LogP contribution in [-0.4, -0.2) is 28.9 Å². The van der Waals surface area contributed by atoms with Crippen LogP contribution in [0.25, 0.3) is 5.76 Å². The minimum Gasteiger partial charge on any atom is -0.507 e. The fraction of sp³-hybridized carbons (Fsp3) is 0.150. The second-order valence-electron chi connectivity index (χ2n) is 6.16. The number of carbonyl (C=O) groups is 2. The van der Waals surface area contributed by atoms with Gasteiger partial charge in [-0.1, -0.05) is 12.1 Å². The van der Waals surface area contributed by atoms with Gasteiger partial charge in [-0.25, -0.2) is 4.98 Å². The number of hydrogen-bond donors (Lipinski definition) is 1. The van der Waals surface area contributed by atoms with Gasteiger partial charge >= 0.3 is 5.91 Å². The second kappa shape index (κ2) is 6.97. The molecule has 1 unspecified atom stereocenters. The van der Waals surface area contributed by atoms with E-state index in [9.17, 15) is 14.7 Å². The first kappa shape index (κ1) is 18.0. The molecule has 4 rings (SSSR count). The quantitative estimate of drug-likeness (QED) is 0.411. The van der Waals surface area contributed by atoms with Crippen molar-refractivity contribution >= 4 is 33.9 Å². The van der Waals surface area contributed by atoms with Crippen LogP contribution in [-0.2, 0) is 9.59 Å². The van der Waals surface area contributed by atoms with E-state index in [0.717, 1.165) is 0 Å². The van der Waals surface area contributed by atoms with Crippen molar-refractivity contribution in [2.45, 2.75) is 13.0 Å². The zero-order chi connectivity index (χ0) is 19.8. The second-order valence-corrected chi connectivity index (χ2v) is 7.04. The summed E-state index contributed by atoms with van der Waals surface area (Å²) in [6.07, 6.45) is 1.55. The Balaban J connectivity index is 1.93. The molecule has 1 saturated heterocycles. The fourth-order valence-corrected chi connectivity index (χ4v) is 3.83. The Morgan fingerprint density at radius 3 is 2.75 bits per heavy atom. The third-order valence-corrected chi connectivity index (χ3v) is 5.21. The number of hydrogen-bond acceptors (Lipinski definition) is 7. The number of carbonyl (C=O) groups excluding carboxylic acids is 2. The van der Waals surface area contributed by atoms with E-state index in [2.05, 4.69) is 4.98 Å². The topological polar surface area (TPSA) is 92.9 Å². The lowest BCUT2D eigenvalue weighted by atomic mass is 9.99. The molecule has 0 spiro atoms. The number of ether oxygens (including phenoxy) is 1. The number of ketones is 1. The summed E-state index contributed by atoms with van der Waals surface area (Å²) >= 11 is 1.22. The number of Topliss-reactive ketones (excluding diaryl/α,β-unsaturated/α-hetero) is 1. The summed E-state index contributed by atoms with van der Waals surface area (Å²) in [7, 11) is 1.51. The molecule has 0 bridgehead atoms. The number of aromatic nitrogens is 1. The highest BCUT2D eigenvalue weighted by atomic mass is 32.1. The van der Waals surface area contributed by atoms with Crippen molar-refractivity contribution in [3.63, 3.8) is 0 Å². The van der Waals surface area contributed by atoms with E-state index >= 15 is 0 Å². The maximum atomic E-state index is 12.9. The highest BCUT2D eigenvalue weighted by Gasteiger charge is 2.49. The first-order valence-electron chi connectivity index (χ1n) is 8.42. The maximum Gasteiger partial charge on any atom is 0.302 e. The van der Waals surface area contributed by atoms with Crippen LogP contribution in [0, 0.1) is 6.92 Å². The lowest BCUT2D eigenvalue weighted by Crippen LogP contribution is -2.29. The van der Waals surface area contributed by atoms with Gasteiger partial charge in [0.25, 0.3) is 5.78 Å². The van der Waals surface area contributed by atoms with Gasteiger partial charge in [-0.3, -0.25) is 14.5 Å². The number of aryl methyl sites for hydroxylation is 1. The number of thiazole rings is 1. The van der Waals surface area contributed by atoms with E-state index in [1.807, 2.05) is 0 Å². The molecule has 1 N–H and O–H groups in total. The summed E-state index contributed by atoms with van der Waals surface area (Å²) in [6, 6.07) is 9.16. The molecule has 1 atom stereocenters. The molecule has 1 aliphatic heterocycles. The minimum atomic E-state index is -0.911. The number of methoxy groups -OCH3 is 1. The molecule has 3 aromatic rings. The van der Waals surface area contributed by atoms with Gasteiger partial charge < -0.3 is 14.3 Å². The molecule has 0 aliphatic carbocycles. The van der Waals surface area contributed by atoms with Gasteiger partial charge in [0.1, 0.15) is 29.1 Å². The summed E-state index contributed by atoms with van der Waals surface area (Å²) in [6.45, 7) is 1.77. The maximum absolute atomic E-state index is 12.9. The number of benzene rings is 1. The number of amides is 1. The third-order valence-electron chi connectivity index (χ3n) is 4.44. The van der Waals surface area contributed by atoms with Crippen LogP contribution in [0.4, 0.5) is 5.13 Å². The van der Waals surface area contributed by atoms with Gasteiger partial charge in [0, 0.05) is 17.1 Å². The molecular formula is C20H16N2O5S. The smallest absolute Gasteiger partial charge is 0.302 e. The van der Waals surface area contributed by atoms with Crippen molar-refractivity contribution in [3.05, 3.63) is 70.6 Å². The van der Waals surface area contributed by atoms with Crippen LogP contribution in [0.1, 0.15) is 23.1 Å². The van der Waals surface area contributed by atoms with Crippen molar-refractivity contribution < 1.29 is 23.8 Å². The highest BCUT2D eigenvalue weighted by Crippen LogP contribution is 2.43. The molecule has 1 aliphatic rings. The lowest BCUT2D eigenvalue weighted by Gasteiger charge is -2.20. The first-order chi connectivity index (χ1) is 13.5. The summed E-state index contributed by atoms with van der Waals surface area (Å²) in [5.41, 5.74) is 0.313. The number of aliphatic hydroxyl groups is 1. The van der Waals surface area contributed by atoms with Gasteiger partial charge in [0.05, 0.1) is 12.7 Å². The molecule has 8 heteroatoms. The SMILES string of the molecule is COc1cccc(C(O)=C2C(=O)C(=O)N(c3nccs3)C2c2ccc(C)o2)c1. The van der Waals surface area contributed by atoms with E-state index in [1.165, 1.54) is 23.3 Å². The number of nitrogens with zero attached hydrogens (tertiary/aromatic N) is 2. The van der Waals surface area contributed by atoms with Crippen molar-refractivity contribution in [2.75, 3.05) is 12.0 Å². The average Bonchev–Trinajstić information content (AvgIpc) is 3.42. The average molecular weight is 396 g/mol. The fourth-order valence-electron chi connectivity index (χ4n) is 3.16. The van der Waals surface area contributed by atoms with Crippen molar-refractivity contribution in [1.82, 2.24) is 4.98 Å². The van der Waals surface area contributed by atoms with Crippen LogP contribution in [0.5, 0.6) is 5.75 Å². The molecule has 3 heterocycles. The Labute approximate surface area is 164 Å². The van der Waals surface area contributed by atoms with Crippen LogP contribution in [0.3, 0.4) is 0 Å². The van der Waals surface area contributed by atoms with Gasteiger partial charge in [-0.05, 0) is 31.2 Å². The van der Waals surface area contributed by atoms with Crippen LogP contribution in [0.2, 0.25) is 0 Å². The summed E-state index contributed by atoms with van der Waals surface area (Å²) in [5, 5.41) is 13.0. The van der Waals surface area contributed by atoms with Crippen LogP contribution in [0.15, 0.2) is 58.0 Å². The van der Waals surface area contributed by atoms with E-state index in [0.29, 0.717) is 28.0 Å². The standard InChI is InChI=1S/C20H16N2O5S/c1-11-6-7-14(27-11)16-15(17(23)12-4-3-5-13(10-12)26-2)18(24)19(25)22(16)20-21-8-9-28-20/h3-10,16,23H,1-2H3. The zero-order valence-electron chi connectivity index (χ0n) is 15.1. The molecule has 28 heavy (non-hydrogen) atoms. The van der Waals surface area contributed by atoms with E-state index in [4.69, 9.17) is 9.15 Å². The molecule has 1 aromatic carbocycles. The Morgan fingerprint density at radius 2 is 2.11 bits per heavy atom. The predicted octanol–water partition coefficient (Wildman–Crippen LogP) is 3.68. The van der Waals surface area contributed by atoms with Gasteiger partial charge in [-0.15, -0.1) is 11.3 Å². The molecular weight excluding hydrogens is 380 g/mol. The van der Waals surface area contributed by atoms with Crippen LogP contribution < -0.4 is 9.64 Å². The third kappa shape index (κ3) is 2.87. The van der Waals surface area contributed by atoms with Crippen molar-refractivity contribution in [3.8, 4) is 5.75 Å². The molecule has 1 amide bonds. The zero-order valence-corrected chi connectivity index (χ0v) is 15.9. The predicted molar refractivity (Wildman–Crippen MR) is 103 cm³/mol. The summed E-state index contributed by atoms with van der Waals surface area (Å²) in [5.74, 6) is -0.343. The molecule has 142 valence electrons. The molecule has 0 saturated carbocycles. The van der Waals surface area contributed by atoms with Gasteiger partial charge in [-0.2, -0.15) is 0 Å². The number of furan rings is 1.